The Kier molecular flexibility index (Phi) is 5.45. The zero-order valence-electron chi connectivity index (χ0n) is 12.4. The van der Waals surface area contributed by atoms with Crippen molar-refractivity contribution in [2.75, 3.05) is 13.7 Å². The van der Waals surface area contributed by atoms with Crippen LogP contribution in [0.1, 0.15) is 37.2 Å². The molecule has 22 heavy (non-hydrogen) atoms. The fraction of sp³-hybridized carbons (Fsp3) is 0.562. The zero-order chi connectivity index (χ0) is 16.2. The Balaban J connectivity index is 2.23. The smallest absolute Gasteiger partial charge is 0.391 e. The number of ether oxygens (including phenoxy) is 1. The van der Waals surface area contributed by atoms with E-state index in [0.29, 0.717) is 18.5 Å². The van der Waals surface area contributed by atoms with Gasteiger partial charge in [-0.05, 0) is 42.7 Å². The van der Waals surface area contributed by atoms with E-state index in [1.165, 1.54) is 7.11 Å². The second-order valence-electron chi connectivity index (χ2n) is 5.60. The zero-order valence-corrected chi connectivity index (χ0v) is 12.4. The largest absolute Gasteiger partial charge is 0.860 e. The van der Waals surface area contributed by atoms with Crippen LogP contribution in [0.25, 0.3) is 0 Å². The second kappa shape index (κ2) is 7.13. The summed E-state index contributed by atoms with van der Waals surface area (Å²) in [6.45, 7) is -0.135. The molecule has 1 aliphatic rings. The SMILES string of the molecule is COCC([O-])=Nc1ccccc1C1CCCC(C(F)(F)F)C1. The molecule has 1 aliphatic carbocycles. The van der Waals surface area contributed by atoms with Crippen molar-refractivity contribution in [1.82, 2.24) is 0 Å². The van der Waals surface area contributed by atoms with Gasteiger partial charge in [0.1, 0.15) is 0 Å². The molecule has 0 saturated heterocycles. The van der Waals surface area contributed by atoms with Crippen molar-refractivity contribution in [3.8, 4) is 0 Å². The number of rotatable bonds is 4. The van der Waals surface area contributed by atoms with Gasteiger partial charge in [-0.2, -0.15) is 13.2 Å². The lowest BCUT2D eigenvalue weighted by Crippen LogP contribution is -2.28. The monoisotopic (exact) mass is 314 g/mol. The van der Waals surface area contributed by atoms with Gasteiger partial charge in [0.25, 0.3) is 0 Å². The first-order chi connectivity index (χ1) is 10.4. The van der Waals surface area contributed by atoms with Gasteiger partial charge in [0.05, 0.1) is 18.2 Å². The molecule has 0 heterocycles. The van der Waals surface area contributed by atoms with Gasteiger partial charge in [-0.1, -0.05) is 24.6 Å². The molecule has 2 rings (SSSR count). The molecule has 0 radical (unpaired) electrons. The molecule has 1 saturated carbocycles. The number of alkyl halides is 3. The number of para-hydroxylation sites is 1. The van der Waals surface area contributed by atoms with Gasteiger partial charge in [-0.15, -0.1) is 0 Å². The maximum atomic E-state index is 12.9. The molecule has 0 aromatic heterocycles. The summed E-state index contributed by atoms with van der Waals surface area (Å²) >= 11 is 0. The predicted octanol–water partition coefficient (Wildman–Crippen LogP) is 3.56. The molecular formula is C16H19F3NO2-. The van der Waals surface area contributed by atoms with Gasteiger partial charge >= 0.3 is 6.18 Å². The number of methoxy groups -OCH3 is 1. The van der Waals surface area contributed by atoms with E-state index < -0.39 is 18.0 Å². The summed E-state index contributed by atoms with van der Waals surface area (Å²) in [6, 6.07) is 6.93. The molecule has 2 atom stereocenters. The van der Waals surface area contributed by atoms with Crippen molar-refractivity contribution < 1.29 is 23.0 Å². The van der Waals surface area contributed by atoms with Crippen LogP contribution >= 0.6 is 0 Å². The van der Waals surface area contributed by atoms with E-state index >= 15 is 0 Å². The average Bonchev–Trinajstić information content (AvgIpc) is 2.47. The Bertz CT molecular complexity index is 528. The van der Waals surface area contributed by atoms with Crippen molar-refractivity contribution in [2.24, 2.45) is 10.9 Å². The first-order valence-electron chi connectivity index (χ1n) is 7.31. The highest BCUT2D eigenvalue weighted by molar-refractivity contribution is 5.77. The number of halogens is 3. The molecule has 1 fully saturated rings. The van der Waals surface area contributed by atoms with Crippen LogP contribution < -0.4 is 5.11 Å². The predicted molar refractivity (Wildman–Crippen MR) is 76.2 cm³/mol. The molecule has 6 heteroatoms. The second-order valence-corrected chi connectivity index (χ2v) is 5.60. The number of aliphatic imine (C=N–C) groups is 1. The summed E-state index contributed by atoms with van der Waals surface area (Å²) in [4.78, 5) is 3.97. The molecule has 3 nitrogen and oxygen atoms in total. The van der Waals surface area contributed by atoms with Crippen LogP contribution in [0.3, 0.4) is 0 Å². The van der Waals surface area contributed by atoms with Crippen LogP contribution in [-0.2, 0) is 4.74 Å². The number of hydrogen-bond donors (Lipinski definition) is 0. The Morgan fingerprint density at radius 3 is 2.73 bits per heavy atom. The normalized spacial score (nSPS) is 23.5. The Hall–Kier alpha value is -1.56. The van der Waals surface area contributed by atoms with Crippen LogP contribution in [0.4, 0.5) is 18.9 Å². The lowest BCUT2D eigenvalue weighted by atomic mass is 9.77. The average molecular weight is 314 g/mol. The van der Waals surface area contributed by atoms with Gasteiger partial charge in [-0.3, -0.25) is 4.99 Å². The number of benzene rings is 1. The standard InChI is InChI=1S/C16H20F3NO2/c1-22-10-15(21)20-14-8-3-2-7-13(14)11-5-4-6-12(9-11)16(17,18)19/h2-3,7-8,11-12H,4-6,9-10H2,1H3,(H,20,21)/p-1. The molecule has 0 amide bonds. The van der Waals surface area contributed by atoms with Crippen molar-refractivity contribution in [3.05, 3.63) is 29.8 Å². The Morgan fingerprint density at radius 1 is 1.32 bits per heavy atom. The third-order valence-corrected chi connectivity index (χ3v) is 4.03. The molecule has 0 spiro atoms. The van der Waals surface area contributed by atoms with Crippen molar-refractivity contribution in [3.63, 3.8) is 0 Å². The first kappa shape index (κ1) is 16.8. The van der Waals surface area contributed by atoms with E-state index in [-0.39, 0.29) is 25.4 Å². The first-order valence-corrected chi connectivity index (χ1v) is 7.31. The molecule has 1 aromatic carbocycles. The van der Waals surface area contributed by atoms with E-state index in [1.54, 1.807) is 24.3 Å². The van der Waals surface area contributed by atoms with E-state index in [0.717, 1.165) is 5.56 Å². The summed E-state index contributed by atoms with van der Waals surface area (Å²) in [5.41, 5.74) is 1.18. The Labute approximate surface area is 127 Å². The van der Waals surface area contributed by atoms with Crippen LogP contribution in [0, 0.1) is 5.92 Å². The highest BCUT2D eigenvalue weighted by atomic mass is 19.4. The van der Waals surface area contributed by atoms with Crippen LogP contribution in [0.15, 0.2) is 29.3 Å². The summed E-state index contributed by atoms with van der Waals surface area (Å²) in [7, 11) is 1.40. The van der Waals surface area contributed by atoms with E-state index in [9.17, 15) is 18.3 Å². The maximum absolute atomic E-state index is 12.9. The molecule has 0 aliphatic heterocycles. The summed E-state index contributed by atoms with van der Waals surface area (Å²) in [6.07, 6.45) is -2.68. The fourth-order valence-corrected chi connectivity index (χ4v) is 2.99. The van der Waals surface area contributed by atoms with E-state index in [4.69, 9.17) is 4.74 Å². The van der Waals surface area contributed by atoms with Crippen molar-refractivity contribution in [2.45, 2.75) is 37.8 Å². The minimum Gasteiger partial charge on any atom is -0.860 e. The summed E-state index contributed by atoms with van der Waals surface area (Å²) in [5.74, 6) is -1.91. The quantitative estimate of drug-likeness (QED) is 0.630. The molecular weight excluding hydrogens is 295 g/mol. The number of hydrogen-bond acceptors (Lipinski definition) is 3. The van der Waals surface area contributed by atoms with E-state index in [2.05, 4.69) is 4.99 Å². The lowest BCUT2D eigenvalue weighted by Gasteiger charge is -2.31. The van der Waals surface area contributed by atoms with Gasteiger partial charge in [0, 0.05) is 7.11 Å². The molecule has 1 aromatic rings. The van der Waals surface area contributed by atoms with Gasteiger partial charge in [-0.25, -0.2) is 0 Å². The van der Waals surface area contributed by atoms with E-state index in [1.807, 2.05) is 0 Å². The third kappa shape index (κ3) is 4.22. The molecule has 122 valence electrons. The van der Waals surface area contributed by atoms with Crippen molar-refractivity contribution >= 4 is 11.6 Å². The maximum Gasteiger partial charge on any atom is 0.391 e. The fourth-order valence-electron chi connectivity index (χ4n) is 2.99. The third-order valence-electron chi connectivity index (χ3n) is 4.03. The van der Waals surface area contributed by atoms with Gasteiger partial charge in [0.15, 0.2) is 0 Å². The van der Waals surface area contributed by atoms with Crippen LogP contribution in [-0.4, -0.2) is 25.8 Å². The Morgan fingerprint density at radius 2 is 2.05 bits per heavy atom. The topological polar surface area (TPSA) is 44.6 Å². The molecule has 2 unspecified atom stereocenters. The summed E-state index contributed by atoms with van der Waals surface area (Å²) in [5, 5.41) is 11.6. The van der Waals surface area contributed by atoms with Crippen LogP contribution in [0.5, 0.6) is 0 Å². The summed E-state index contributed by atoms with van der Waals surface area (Å²) < 4.78 is 43.6. The van der Waals surface area contributed by atoms with Gasteiger partial charge < -0.3 is 9.84 Å². The van der Waals surface area contributed by atoms with Crippen LogP contribution in [0.2, 0.25) is 0 Å². The molecule has 0 bridgehead atoms. The number of nitrogens with zero attached hydrogens (tertiary/aromatic N) is 1. The lowest BCUT2D eigenvalue weighted by molar-refractivity contribution is -0.222. The molecule has 0 N–H and O–H groups in total. The minimum absolute atomic E-state index is 0.0640. The highest BCUT2D eigenvalue weighted by Gasteiger charge is 2.42. The van der Waals surface area contributed by atoms with Crippen molar-refractivity contribution in [1.29, 1.82) is 0 Å². The minimum atomic E-state index is -4.16. The highest BCUT2D eigenvalue weighted by Crippen LogP contribution is 2.45. The van der Waals surface area contributed by atoms with Gasteiger partial charge in [0.2, 0.25) is 0 Å².